The van der Waals surface area contributed by atoms with Crippen molar-refractivity contribution in [3.8, 4) is 0 Å². The van der Waals surface area contributed by atoms with Gasteiger partial charge in [-0.25, -0.2) is 0 Å². The van der Waals surface area contributed by atoms with E-state index in [1.54, 1.807) is 12.1 Å². The minimum atomic E-state index is -4.26. The molecular formula is C17H24F3N. The molecule has 1 aromatic carbocycles. The number of benzene rings is 1. The van der Waals surface area contributed by atoms with Crippen LogP contribution in [0.2, 0.25) is 0 Å². The molecule has 0 aliphatic heterocycles. The summed E-state index contributed by atoms with van der Waals surface area (Å²) in [6.45, 7) is 0. The van der Waals surface area contributed by atoms with Crippen LogP contribution >= 0.6 is 0 Å². The van der Waals surface area contributed by atoms with Gasteiger partial charge < -0.3 is 5.32 Å². The maximum absolute atomic E-state index is 12.6. The molecule has 0 radical (unpaired) electrons. The van der Waals surface area contributed by atoms with E-state index in [1.807, 2.05) is 7.05 Å². The zero-order valence-corrected chi connectivity index (χ0v) is 12.5. The minimum absolute atomic E-state index is 0.149. The van der Waals surface area contributed by atoms with Crippen molar-refractivity contribution >= 4 is 0 Å². The van der Waals surface area contributed by atoms with Crippen molar-refractivity contribution in [2.45, 2.75) is 57.2 Å². The number of halogens is 3. The van der Waals surface area contributed by atoms with Crippen LogP contribution in [-0.4, -0.2) is 7.05 Å². The first-order chi connectivity index (χ1) is 10.0. The predicted octanol–water partition coefficient (Wildman–Crippen LogP) is 5.33. The Bertz CT molecular complexity index is 417. The van der Waals surface area contributed by atoms with Crippen molar-refractivity contribution < 1.29 is 13.2 Å². The second-order valence-electron chi connectivity index (χ2n) is 6.05. The van der Waals surface area contributed by atoms with Crippen LogP contribution in [0, 0.1) is 5.92 Å². The molecule has 1 aliphatic carbocycles. The molecule has 118 valence electrons. The summed E-state index contributed by atoms with van der Waals surface area (Å²) in [6.07, 6.45) is 4.47. The summed E-state index contributed by atoms with van der Waals surface area (Å²) in [4.78, 5) is 0. The number of hydrogen-bond donors (Lipinski definition) is 1. The smallest absolute Gasteiger partial charge is 0.313 e. The number of hydrogen-bond acceptors (Lipinski definition) is 1. The quantitative estimate of drug-likeness (QED) is 0.741. The molecule has 1 unspecified atom stereocenters. The molecule has 21 heavy (non-hydrogen) atoms. The van der Waals surface area contributed by atoms with Crippen molar-refractivity contribution in [3.63, 3.8) is 0 Å². The maximum atomic E-state index is 12.6. The van der Waals surface area contributed by atoms with Crippen LogP contribution in [0.4, 0.5) is 13.2 Å². The van der Waals surface area contributed by atoms with Crippen LogP contribution in [0.15, 0.2) is 24.3 Å². The number of alkyl halides is 3. The number of nitrogens with one attached hydrogen (secondary N) is 1. The van der Waals surface area contributed by atoms with Gasteiger partial charge in [-0.3, -0.25) is 0 Å². The molecule has 1 saturated carbocycles. The van der Waals surface area contributed by atoms with Crippen LogP contribution in [0.3, 0.4) is 0 Å². The van der Waals surface area contributed by atoms with E-state index in [-0.39, 0.29) is 6.04 Å². The highest BCUT2D eigenvalue weighted by atomic mass is 19.4. The molecule has 4 heteroatoms. The topological polar surface area (TPSA) is 12.0 Å². The Balaban J connectivity index is 2.03. The Kier molecular flexibility index (Phi) is 5.68. The van der Waals surface area contributed by atoms with Gasteiger partial charge in [0.2, 0.25) is 0 Å². The summed E-state index contributed by atoms with van der Waals surface area (Å²) >= 11 is 0. The fourth-order valence-corrected chi connectivity index (χ4v) is 3.26. The van der Waals surface area contributed by atoms with Crippen molar-refractivity contribution in [1.29, 1.82) is 0 Å². The summed E-state index contributed by atoms with van der Waals surface area (Å²) in [6, 6.07) is 5.75. The first-order valence-corrected chi connectivity index (χ1v) is 7.85. The molecular weight excluding hydrogens is 275 g/mol. The van der Waals surface area contributed by atoms with Gasteiger partial charge in [0.15, 0.2) is 0 Å². The molecule has 1 aliphatic rings. The van der Waals surface area contributed by atoms with E-state index >= 15 is 0 Å². The lowest BCUT2D eigenvalue weighted by Crippen LogP contribution is -2.20. The van der Waals surface area contributed by atoms with Crippen molar-refractivity contribution in [2.75, 3.05) is 7.05 Å². The third-order valence-corrected chi connectivity index (χ3v) is 4.53. The summed E-state index contributed by atoms with van der Waals surface area (Å²) in [5.74, 6) is 0.687. The summed E-state index contributed by atoms with van der Waals surface area (Å²) in [5, 5.41) is 3.26. The highest BCUT2D eigenvalue weighted by molar-refractivity contribution is 5.26. The molecule has 0 aromatic heterocycles. The molecule has 0 amide bonds. The van der Waals surface area contributed by atoms with Gasteiger partial charge in [-0.2, -0.15) is 13.2 Å². The molecule has 0 spiro atoms. The van der Waals surface area contributed by atoms with Gasteiger partial charge in [0.1, 0.15) is 0 Å². The van der Waals surface area contributed by atoms with Crippen LogP contribution in [0.5, 0.6) is 0 Å². The van der Waals surface area contributed by atoms with E-state index in [4.69, 9.17) is 0 Å². The molecule has 0 bridgehead atoms. The van der Waals surface area contributed by atoms with Gasteiger partial charge in [-0.15, -0.1) is 0 Å². The van der Waals surface area contributed by atoms with E-state index in [0.717, 1.165) is 12.0 Å². The zero-order valence-electron chi connectivity index (χ0n) is 12.5. The lowest BCUT2D eigenvalue weighted by molar-refractivity contribution is -0.137. The van der Waals surface area contributed by atoms with E-state index in [2.05, 4.69) is 5.32 Å². The average Bonchev–Trinajstić information content (AvgIpc) is 2.72. The Morgan fingerprint density at radius 2 is 1.62 bits per heavy atom. The first-order valence-electron chi connectivity index (χ1n) is 7.85. The molecule has 2 rings (SSSR count). The van der Waals surface area contributed by atoms with Gasteiger partial charge in [0, 0.05) is 6.04 Å². The van der Waals surface area contributed by atoms with Gasteiger partial charge >= 0.3 is 6.18 Å². The van der Waals surface area contributed by atoms with Crippen LogP contribution in [-0.2, 0) is 6.18 Å². The van der Waals surface area contributed by atoms with Crippen molar-refractivity contribution in [1.82, 2.24) is 5.32 Å². The molecule has 0 heterocycles. The van der Waals surface area contributed by atoms with Crippen molar-refractivity contribution in [2.24, 2.45) is 5.92 Å². The molecule has 0 saturated heterocycles. The molecule has 1 N–H and O–H groups in total. The Labute approximate surface area is 124 Å². The van der Waals surface area contributed by atoms with Crippen molar-refractivity contribution in [3.05, 3.63) is 35.4 Å². The Morgan fingerprint density at radius 3 is 2.10 bits per heavy atom. The third-order valence-electron chi connectivity index (χ3n) is 4.53. The monoisotopic (exact) mass is 299 g/mol. The van der Waals surface area contributed by atoms with E-state index in [1.165, 1.54) is 50.7 Å². The molecule has 1 fully saturated rings. The summed E-state index contributed by atoms with van der Waals surface area (Å²) in [5.41, 5.74) is 0.380. The SMILES string of the molecule is CNC(CC1CCCCCC1)c1ccc(C(F)(F)F)cc1. The second kappa shape index (κ2) is 7.30. The summed E-state index contributed by atoms with van der Waals surface area (Å²) < 4.78 is 37.8. The third kappa shape index (κ3) is 4.73. The zero-order chi connectivity index (χ0) is 15.3. The fraction of sp³-hybridized carbons (Fsp3) is 0.647. The Hall–Kier alpha value is -1.03. The van der Waals surface area contributed by atoms with Crippen LogP contribution < -0.4 is 5.32 Å². The second-order valence-corrected chi connectivity index (χ2v) is 6.05. The van der Waals surface area contributed by atoms with Crippen LogP contribution in [0.1, 0.15) is 62.1 Å². The minimum Gasteiger partial charge on any atom is -0.313 e. The van der Waals surface area contributed by atoms with E-state index in [0.29, 0.717) is 5.92 Å². The lowest BCUT2D eigenvalue weighted by atomic mass is 9.89. The largest absolute Gasteiger partial charge is 0.416 e. The highest BCUT2D eigenvalue weighted by Gasteiger charge is 2.30. The Morgan fingerprint density at radius 1 is 1.05 bits per heavy atom. The number of rotatable bonds is 4. The van der Waals surface area contributed by atoms with Gasteiger partial charge in [-0.05, 0) is 37.1 Å². The van der Waals surface area contributed by atoms with Gasteiger partial charge in [0.05, 0.1) is 5.56 Å². The van der Waals surface area contributed by atoms with Crippen LogP contribution in [0.25, 0.3) is 0 Å². The lowest BCUT2D eigenvalue weighted by Gasteiger charge is -2.23. The summed E-state index contributed by atoms with van der Waals surface area (Å²) in [7, 11) is 1.89. The normalized spacial score (nSPS) is 19.2. The predicted molar refractivity (Wildman–Crippen MR) is 79.1 cm³/mol. The van der Waals surface area contributed by atoms with E-state index < -0.39 is 11.7 Å². The highest BCUT2D eigenvalue weighted by Crippen LogP contribution is 2.33. The molecule has 1 aromatic rings. The van der Waals surface area contributed by atoms with Gasteiger partial charge in [-0.1, -0.05) is 50.7 Å². The fourth-order valence-electron chi connectivity index (χ4n) is 3.26. The maximum Gasteiger partial charge on any atom is 0.416 e. The van der Waals surface area contributed by atoms with E-state index in [9.17, 15) is 13.2 Å². The first kappa shape index (κ1) is 16.3. The average molecular weight is 299 g/mol. The molecule has 1 nitrogen and oxygen atoms in total. The van der Waals surface area contributed by atoms with Gasteiger partial charge in [0.25, 0.3) is 0 Å². The standard InChI is InChI=1S/C17H24F3N/c1-21-16(12-13-6-4-2-3-5-7-13)14-8-10-15(11-9-14)17(18,19)20/h8-11,13,16,21H,2-7,12H2,1H3. The molecule has 1 atom stereocenters.